The first kappa shape index (κ1) is 8.22. The van der Waals surface area contributed by atoms with Crippen molar-refractivity contribution in [1.29, 1.82) is 0 Å². The molecule has 2 N–H and O–H groups in total. The van der Waals surface area contributed by atoms with Gasteiger partial charge in [0.25, 0.3) is 0 Å². The minimum absolute atomic E-state index is 0.302. The summed E-state index contributed by atoms with van der Waals surface area (Å²) in [5.74, 6) is 0. The number of hydrogen-bond donors (Lipinski definition) is 2. The maximum atomic E-state index is 10.7. The van der Waals surface area contributed by atoms with Crippen molar-refractivity contribution >= 4 is 34.1 Å². The molecule has 0 unspecified atom stereocenters. The number of nitrogens with one attached hydrogen (secondary N) is 2. The Morgan fingerprint density at radius 3 is 2.82 bits per heavy atom. The van der Waals surface area contributed by atoms with Crippen molar-refractivity contribution < 1.29 is 4.79 Å². The molecular formula is C4H5ClN4OS. The van der Waals surface area contributed by atoms with Crippen LogP contribution in [-0.2, 0) is 0 Å². The van der Waals surface area contributed by atoms with Gasteiger partial charge in [-0.25, -0.2) is 4.79 Å². The molecule has 1 rings (SSSR count). The number of halogens is 1. The van der Waals surface area contributed by atoms with Gasteiger partial charge in [0.15, 0.2) is 0 Å². The van der Waals surface area contributed by atoms with Crippen molar-refractivity contribution in [3.63, 3.8) is 0 Å². The molecule has 0 fully saturated rings. The van der Waals surface area contributed by atoms with Crippen molar-refractivity contribution in [1.82, 2.24) is 15.5 Å². The van der Waals surface area contributed by atoms with Crippen LogP contribution in [0.15, 0.2) is 0 Å². The van der Waals surface area contributed by atoms with Gasteiger partial charge in [0, 0.05) is 7.05 Å². The van der Waals surface area contributed by atoms with Crippen molar-refractivity contribution in [3.05, 3.63) is 4.47 Å². The van der Waals surface area contributed by atoms with E-state index in [2.05, 4.69) is 20.8 Å². The van der Waals surface area contributed by atoms with E-state index in [0.717, 1.165) is 11.3 Å². The zero-order valence-electron chi connectivity index (χ0n) is 5.59. The molecule has 5 nitrogen and oxygen atoms in total. The Morgan fingerprint density at radius 1 is 1.64 bits per heavy atom. The lowest BCUT2D eigenvalue weighted by atomic mass is 10.9. The third-order valence-electron chi connectivity index (χ3n) is 0.848. The van der Waals surface area contributed by atoms with Gasteiger partial charge in [0.1, 0.15) is 0 Å². The van der Waals surface area contributed by atoms with Crippen molar-refractivity contribution in [2.75, 3.05) is 12.4 Å². The van der Waals surface area contributed by atoms with E-state index in [0.29, 0.717) is 9.60 Å². The lowest BCUT2D eigenvalue weighted by Gasteiger charge is -1.95. The van der Waals surface area contributed by atoms with Gasteiger partial charge < -0.3 is 5.32 Å². The Labute approximate surface area is 71.8 Å². The zero-order valence-corrected chi connectivity index (χ0v) is 7.16. The Hall–Kier alpha value is -0.880. The predicted octanol–water partition coefficient (Wildman–Crippen LogP) is 0.943. The monoisotopic (exact) mass is 192 g/mol. The maximum Gasteiger partial charge on any atom is 0.320 e. The van der Waals surface area contributed by atoms with Crippen LogP contribution in [0.4, 0.5) is 9.93 Å². The molecule has 0 aromatic carbocycles. The van der Waals surface area contributed by atoms with Crippen molar-refractivity contribution in [2.45, 2.75) is 0 Å². The van der Waals surface area contributed by atoms with E-state index in [4.69, 9.17) is 11.6 Å². The van der Waals surface area contributed by atoms with E-state index in [1.807, 2.05) is 0 Å². The van der Waals surface area contributed by atoms with Crippen LogP contribution in [0.3, 0.4) is 0 Å². The largest absolute Gasteiger partial charge is 0.341 e. The van der Waals surface area contributed by atoms with Crippen molar-refractivity contribution in [2.24, 2.45) is 0 Å². The highest BCUT2D eigenvalue weighted by Crippen LogP contribution is 2.18. The van der Waals surface area contributed by atoms with Crippen LogP contribution in [0, 0.1) is 0 Å². The van der Waals surface area contributed by atoms with Gasteiger partial charge in [-0.1, -0.05) is 11.3 Å². The molecule has 1 aromatic heterocycles. The molecule has 1 aromatic rings. The molecule has 2 amide bonds. The summed E-state index contributed by atoms with van der Waals surface area (Å²) in [4.78, 5) is 10.7. The second-order valence-corrected chi connectivity index (χ2v) is 3.12. The van der Waals surface area contributed by atoms with Gasteiger partial charge >= 0.3 is 6.03 Å². The van der Waals surface area contributed by atoms with E-state index in [1.54, 1.807) is 0 Å². The second-order valence-electron chi connectivity index (χ2n) is 1.56. The predicted molar refractivity (Wildman–Crippen MR) is 43.0 cm³/mol. The highest BCUT2D eigenvalue weighted by molar-refractivity contribution is 7.19. The number of hydrogen-bond acceptors (Lipinski definition) is 4. The first-order valence-corrected chi connectivity index (χ1v) is 3.89. The lowest BCUT2D eigenvalue weighted by molar-refractivity contribution is 0.254. The molecule has 0 bridgehead atoms. The van der Waals surface area contributed by atoms with E-state index < -0.39 is 0 Å². The average molecular weight is 193 g/mol. The van der Waals surface area contributed by atoms with Crippen LogP contribution in [0.2, 0.25) is 4.47 Å². The van der Waals surface area contributed by atoms with Crippen LogP contribution in [0.5, 0.6) is 0 Å². The zero-order chi connectivity index (χ0) is 8.27. The fraction of sp³-hybridized carbons (Fsp3) is 0.250. The number of carbonyl (C=O) groups is 1. The molecule has 0 saturated heterocycles. The molecule has 0 spiro atoms. The maximum absolute atomic E-state index is 10.7. The first-order chi connectivity index (χ1) is 5.22. The Bertz CT molecular complexity index is 262. The molecule has 0 aliphatic rings. The number of anilines is 1. The first-order valence-electron chi connectivity index (χ1n) is 2.70. The highest BCUT2D eigenvalue weighted by atomic mass is 35.5. The standard InChI is InChI=1S/C4H5ClN4OS/c1-6-3(10)7-4-9-8-2(5)11-4/h1H3,(H2,6,7,9,10). The van der Waals surface area contributed by atoms with Gasteiger partial charge in [0.2, 0.25) is 9.60 Å². The van der Waals surface area contributed by atoms with Gasteiger partial charge in [-0.3, -0.25) is 5.32 Å². The topological polar surface area (TPSA) is 66.9 Å². The normalized spacial score (nSPS) is 9.27. The number of urea groups is 1. The van der Waals surface area contributed by atoms with Crippen molar-refractivity contribution in [3.8, 4) is 0 Å². The third kappa shape index (κ3) is 2.32. The van der Waals surface area contributed by atoms with E-state index >= 15 is 0 Å². The second kappa shape index (κ2) is 3.49. The summed E-state index contributed by atoms with van der Waals surface area (Å²) in [6, 6.07) is -0.335. The Kier molecular flexibility index (Phi) is 2.61. The van der Waals surface area contributed by atoms with Crippen LogP contribution in [0.25, 0.3) is 0 Å². The van der Waals surface area contributed by atoms with Gasteiger partial charge in [-0.05, 0) is 11.6 Å². The summed E-state index contributed by atoms with van der Waals surface area (Å²) >= 11 is 6.56. The molecular weight excluding hydrogens is 188 g/mol. The smallest absolute Gasteiger partial charge is 0.320 e. The van der Waals surface area contributed by atoms with E-state index in [-0.39, 0.29) is 6.03 Å². The van der Waals surface area contributed by atoms with Gasteiger partial charge in [-0.2, -0.15) is 0 Å². The third-order valence-corrected chi connectivity index (χ3v) is 1.78. The molecule has 7 heteroatoms. The average Bonchev–Trinajstić information content (AvgIpc) is 2.35. The summed E-state index contributed by atoms with van der Waals surface area (Å²) in [5.41, 5.74) is 0. The fourth-order valence-electron chi connectivity index (χ4n) is 0.415. The minimum atomic E-state index is -0.335. The number of aromatic nitrogens is 2. The van der Waals surface area contributed by atoms with E-state index in [9.17, 15) is 4.79 Å². The van der Waals surface area contributed by atoms with E-state index in [1.165, 1.54) is 7.05 Å². The summed E-state index contributed by atoms with van der Waals surface area (Å²) in [6.45, 7) is 0. The summed E-state index contributed by atoms with van der Waals surface area (Å²) in [7, 11) is 1.51. The summed E-state index contributed by atoms with van der Waals surface area (Å²) in [6.07, 6.45) is 0. The summed E-state index contributed by atoms with van der Waals surface area (Å²) in [5, 5.41) is 12.2. The molecule has 1 heterocycles. The SMILES string of the molecule is CNC(=O)Nc1nnc(Cl)s1. The Morgan fingerprint density at radius 2 is 2.36 bits per heavy atom. The number of amides is 2. The molecule has 60 valence electrons. The molecule has 0 saturated carbocycles. The van der Waals surface area contributed by atoms with Crippen LogP contribution in [0.1, 0.15) is 0 Å². The number of rotatable bonds is 1. The lowest BCUT2D eigenvalue weighted by Crippen LogP contribution is -2.24. The fourth-order valence-corrected chi connectivity index (χ4v) is 1.14. The van der Waals surface area contributed by atoms with Crippen LogP contribution >= 0.6 is 22.9 Å². The minimum Gasteiger partial charge on any atom is -0.341 e. The quantitative estimate of drug-likeness (QED) is 0.696. The number of nitrogens with zero attached hydrogens (tertiary/aromatic N) is 2. The molecule has 0 aliphatic heterocycles. The van der Waals surface area contributed by atoms with Crippen LogP contribution in [-0.4, -0.2) is 23.3 Å². The number of carbonyl (C=O) groups excluding carboxylic acids is 1. The van der Waals surface area contributed by atoms with Crippen LogP contribution < -0.4 is 10.6 Å². The Balaban J connectivity index is 2.57. The molecule has 0 aliphatic carbocycles. The van der Waals surface area contributed by atoms with Gasteiger partial charge in [-0.15, -0.1) is 10.2 Å². The summed E-state index contributed by atoms with van der Waals surface area (Å²) < 4.78 is 0.302. The molecule has 11 heavy (non-hydrogen) atoms. The molecule has 0 radical (unpaired) electrons. The van der Waals surface area contributed by atoms with Gasteiger partial charge in [0.05, 0.1) is 0 Å². The molecule has 0 atom stereocenters. The highest BCUT2D eigenvalue weighted by Gasteiger charge is 2.03.